The Morgan fingerprint density at radius 3 is 2.55 bits per heavy atom. The number of rotatable bonds is 5. The second-order valence-corrected chi connectivity index (χ2v) is 6.71. The number of carbonyl (C=O) groups is 1. The van der Waals surface area contributed by atoms with Crippen molar-refractivity contribution < 1.29 is 9.53 Å². The Kier molecular flexibility index (Phi) is 4.79. The molecular weight excluding hydrogens is 276 g/mol. The lowest BCUT2D eigenvalue weighted by Gasteiger charge is -2.40. The summed E-state index contributed by atoms with van der Waals surface area (Å²) >= 11 is 0. The number of esters is 1. The molecular formula is C18H26N2O2. The zero-order valence-corrected chi connectivity index (χ0v) is 13.6. The van der Waals surface area contributed by atoms with Crippen molar-refractivity contribution in [1.82, 2.24) is 9.80 Å². The van der Waals surface area contributed by atoms with Crippen LogP contribution in [0, 0.1) is 5.92 Å². The van der Waals surface area contributed by atoms with E-state index in [4.69, 9.17) is 4.74 Å². The van der Waals surface area contributed by atoms with Gasteiger partial charge >= 0.3 is 5.97 Å². The third-order valence-corrected chi connectivity index (χ3v) is 4.82. The van der Waals surface area contributed by atoms with Gasteiger partial charge in [0.15, 0.2) is 0 Å². The van der Waals surface area contributed by atoms with Crippen molar-refractivity contribution >= 4 is 5.97 Å². The first-order valence-electron chi connectivity index (χ1n) is 8.29. The lowest BCUT2D eigenvalue weighted by atomic mass is 10.1. The first kappa shape index (κ1) is 15.5. The van der Waals surface area contributed by atoms with E-state index in [1.165, 1.54) is 38.6 Å². The molecule has 1 aromatic carbocycles. The van der Waals surface area contributed by atoms with Crippen LogP contribution in [0.1, 0.15) is 35.7 Å². The normalized spacial score (nSPS) is 23.5. The first-order valence-corrected chi connectivity index (χ1v) is 8.29. The predicted molar refractivity (Wildman–Crippen MR) is 86.8 cm³/mol. The molecule has 0 aromatic heterocycles. The maximum Gasteiger partial charge on any atom is 0.337 e. The van der Waals surface area contributed by atoms with E-state index in [9.17, 15) is 4.79 Å². The second-order valence-electron chi connectivity index (χ2n) is 6.71. The van der Waals surface area contributed by atoms with Crippen LogP contribution >= 0.6 is 0 Å². The number of hydrogen-bond acceptors (Lipinski definition) is 4. The smallest absolute Gasteiger partial charge is 0.337 e. The van der Waals surface area contributed by atoms with E-state index in [1.54, 1.807) is 0 Å². The van der Waals surface area contributed by atoms with Crippen LogP contribution in [0.2, 0.25) is 0 Å². The van der Waals surface area contributed by atoms with Gasteiger partial charge in [-0.15, -0.1) is 0 Å². The van der Waals surface area contributed by atoms with Crippen LogP contribution in [0.5, 0.6) is 0 Å². The van der Waals surface area contributed by atoms with Crippen LogP contribution in [0.15, 0.2) is 24.3 Å². The standard InChI is InChI=1S/C18H26N2O2/c1-14-11-19(9-10-20(14)13-16-3-4-16)12-15-5-7-17(8-6-15)18(21)22-2/h5-8,14,16H,3-4,9-13H2,1-2H3/t14-/m1/s1. The molecule has 0 bridgehead atoms. The van der Waals surface area contributed by atoms with Gasteiger partial charge in [-0.1, -0.05) is 12.1 Å². The molecule has 0 amide bonds. The van der Waals surface area contributed by atoms with E-state index in [0.717, 1.165) is 25.6 Å². The highest BCUT2D eigenvalue weighted by atomic mass is 16.5. The zero-order valence-electron chi connectivity index (χ0n) is 13.6. The van der Waals surface area contributed by atoms with Gasteiger partial charge in [0.25, 0.3) is 0 Å². The molecule has 0 unspecified atom stereocenters. The molecule has 0 N–H and O–H groups in total. The summed E-state index contributed by atoms with van der Waals surface area (Å²) in [5, 5.41) is 0. The quantitative estimate of drug-likeness (QED) is 0.782. The van der Waals surface area contributed by atoms with E-state index >= 15 is 0 Å². The molecule has 1 saturated carbocycles. The van der Waals surface area contributed by atoms with Gasteiger partial charge in [-0.3, -0.25) is 9.80 Å². The summed E-state index contributed by atoms with van der Waals surface area (Å²) in [6, 6.07) is 8.42. The molecule has 2 aliphatic rings. The monoisotopic (exact) mass is 302 g/mol. The Bertz CT molecular complexity index is 510. The van der Waals surface area contributed by atoms with E-state index in [0.29, 0.717) is 11.6 Å². The Labute approximate surface area is 133 Å². The molecule has 0 spiro atoms. The SMILES string of the molecule is COC(=O)c1ccc(CN2CCN(CC3CC3)[C@H](C)C2)cc1. The van der Waals surface area contributed by atoms with Crippen LogP contribution < -0.4 is 0 Å². The zero-order chi connectivity index (χ0) is 15.5. The van der Waals surface area contributed by atoms with Gasteiger partial charge in [-0.05, 0) is 43.4 Å². The minimum absolute atomic E-state index is 0.270. The van der Waals surface area contributed by atoms with Crippen molar-refractivity contribution in [2.45, 2.75) is 32.4 Å². The molecule has 22 heavy (non-hydrogen) atoms. The maximum atomic E-state index is 11.4. The van der Waals surface area contributed by atoms with E-state index in [2.05, 4.69) is 16.7 Å². The molecule has 3 rings (SSSR count). The number of methoxy groups -OCH3 is 1. The van der Waals surface area contributed by atoms with Crippen LogP contribution in [0.4, 0.5) is 0 Å². The summed E-state index contributed by atoms with van der Waals surface area (Å²) in [5.74, 6) is 0.703. The van der Waals surface area contributed by atoms with Gasteiger partial charge in [0.1, 0.15) is 0 Å². The van der Waals surface area contributed by atoms with Crippen LogP contribution in [0.3, 0.4) is 0 Å². The molecule has 0 radical (unpaired) electrons. The Hall–Kier alpha value is -1.39. The van der Waals surface area contributed by atoms with Crippen LogP contribution in [0.25, 0.3) is 0 Å². The van der Waals surface area contributed by atoms with Gasteiger partial charge in [-0.25, -0.2) is 4.79 Å². The molecule has 1 aliphatic heterocycles. The Morgan fingerprint density at radius 1 is 1.23 bits per heavy atom. The fourth-order valence-corrected chi connectivity index (χ4v) is 3.24. The molecule has 4 nitrogen and oxygen atoms in total. The average Bonchev–Trinajstić information content (AvgIpc) is 3.34. The third-order valence-electron chi connectivity index (χ3n) is 4.82. The topological polar surface area (TPSA) is 32.8 Å². The molecule has 2 fully saturated rings. The second kappa shape index (κ2) is 6.80. The fourth-order valence-electron chi connectivity index (χ4n) is 3.24. The Morgan fingerprint density at radius 2 is 1.95 bits per heavy atom. The number of piperazine rings is 1. The van der Waals surface area contributed by atoms with Crippen molar-refractivity contribution in [2.75, 3.05) is 33.3 Å². The molecule has 1 aromatic rings. The lowest BCUT2D eigenvalue weighted by Crippen LogP contribution is -2.51. The molecule has 1 atom stereocenters. The predicted octanol–water partition coefficient (Wildman–Crippen LogP) is 2.39. The average molecular weight is 302 g/mol. The van der Waals surface area contributed by atoms with Crippen molar-refractivity contribution in [3.05, 3.63) is 35.4 Å². The Balaban J connectivity index is 1.51. The van der Waals surface area contributed by atoms with E-state index < -0.39 is 0 Å². The lowest BCUT2D eigenvalue weighted by molar-refractivity contribution is 0.0600. The van der Waals surface area contributed by atoms with Gasteiger partial charge in [0.05, 0.1) is 12.7 Å². The first-order chi connectivity index (χ1) is 10.7. The highest BCUT2D eigenvalue weighted by molar-refractivity contribution is 5.89. The van der Waals surface area contributed by atoms with E-state index in [-0.39, 0.29) is 5.97 Å². The van der Waals surface area contributed by atoms with Gasteiger partial charge in [0.2, 0.25) is 0 Å². The molecule has 120 valence electrons. The number of nitrogens with zero attached hydrogens (tertiary/aromatic N) is 2. The molecule has 1 aliphatic carbocycles. The van der Waals surface area contributed by atoms with Crippen molar-refractivity contribution in [3.63, 3.8) is 0 Å². The van der Waals surface area contributed by atoms with Crippen LogP contribution in [-0.4, -0.2) is 55.1 Å². The van der Waals surface area contributed by atoms with E-state index in [1.807, 2.05) is 24.3 Å². The number of ether oxygens (including phenoxy) is 1. The minimum Gasteiger partial charge on any atom is -0.465 e. The summed E-state index contributed by atoms with van der Waals surface area (Å²) < 4.78 is 4.73. The molecule has 1 saturated heterocycles. The summed E-state index contributed by atoms with van der Waals surface area (Å²) in [5.41, 5.74) is 1.88. The summed E-state index contributed by atoms with van der Waals surface area (Å²) in [6.45, 7) is 8.04. The number of benzene rings is 1. The maximum absolute atomic E-state index is 11.4. The summed E-state index contributed by atoms with van der Waals surface area (Å²) in [7, 11) is 1.42. The molecule has 4 heteroatoms. The van der Waals surface area contributed by atoms with Crippen molar-refractivity contribution in [1.29, 1.82) is 0 Å². The van der Waals surface area contributed by atoms with Gasteiger partial charge in [-0.2, -0.15) is 0 Å². The van der Waals surface area contributed by atoms with Gasteiger partial charge < -0.3 is 4.74 Å². The van der Waals surface area contributed by atoms with Crippen LogP contribution in [-0.2, 0) is 11.3 Å². The number of hydrogen-bond donors (Lipinski definition) is 0. The number of carbonyl (C=O) groups excluding carboxylic acids is 1. The summed E-state index contributed by atoms with van der Waals surface area (Å²) in [4.78, 5) is 16.6. The minimum atomic E-state index is -0.270. The highest BCUT2D eigenvalue weighted by Crippen LogP contribution is 2.30. The van der Waals surface area contributed by atoms with Crippen molar-refractivity contribution in [3.8, 4) is 0 Å². The van der Waals surface area contributed by atoms with Crippen molar-refractivity contribution in [2.24, 2.45) is 5.92 Å². The van der Waals surface area contributed by atoms with Gasteiger partial charge in [0, 0.05) is 38.8 Å². The third kappa shape index (κ3) is 3.87. The molecule has 1 heterocycles. The highest BCUT2D eigenvalue weighted by Gasteiger charge is 2.29. The largest absolute Gasteiger partial charge is 0.465 e. The summed E-state index contributed by atoms with van der Waals surface area (Å²) in [6.07, 6.45) is 2.86. The fraction of sp³-hybridized carbons (Fsp3) is 0.611.